The van der Waals surface area contributed by atoms with Gasteiger partial charge in [-0.05, 0) is 82.3 Å². The Labute approximate surface area is 291 Å². The van der Waals surface area contributed by atoms with Crippen LogP contribution in [0.1, 0.15) is 49.9 Å². The normalized spacial score (nSPS) is 22.3. The third-order valence-corrected chi connectivity index (χ3v) is 12.1. The molecule has 6 N–H and O–H groups in total. The Morgan fingerprint density at radius 3 is 2.26 bits per heavy atom. The highest BCUT2D eigenvalue weighted by molar-refractivity contribution is 8.77. The molecule has 0 aliphatic carbocycles. The number of phenols is 1. The molecule has 0 aromatic heterocycles. The van der Waals surface area contributed by atoms with Crippen molar-refractivity contribution in [3.8, 4) is 5.75 Å². The Kier molecular flexibility index (Phi) is 14.9. The van der Waals surface area contributed by atoms with Gasteiger partial charge in [-0.3, -0.25) is 14.4 Å². The number of benzene rings is 2. The van der Waals surface area contributed by atoms with Gasteiger partial charge in [0.2, 0.25) is 17.7 Å². The molecule has 0 saturated carbocycles. The van der Waals surface area contributed by atoms with Gasteiger partial charge in [0, 0.05) is 17.7 Å². The largest absolute Gasteiger partial charge is 0.508 e. The number of aryl methyl sites for hydroxylation is 2. The van der Waals surface area contributed by atoms with E-state index in [2.05, 4.69) is 16.0 Å². The minimum Gasteiger partial charge on any atom is -0.508 e. The summed E-state index contributed by atoms with van der Waals surface area (Å²) < 4.78 is 9.22. The van der Waals surface area contributed by atoms with Gasteiger partial charge < -0.3 is 36.3 Å². The van der Waals surface area contributed by atoms with Gasteiger partial charge in [0.15, 0.2) is 0 Å². The summed E-state index contributed by atoms with van der Waals surface area (Å²) in [5, 5.41) is 18.5. The van der Waals surface area contributed by atoms with Crippen LogP contribution in [-0.4, -0.2) is 82.8 Å². The van der Waals surface area contributed by atoms with Crippen LogP contribution in [0.2, 0.25) is 0 Å². The van der Waals surface area contributed by atoms with Crippen LogP contribution in [-0.2, 0) is 41.5 Å². The maximum Gasteiger partial charge on any atom is 0.329 e. The zero-order valence-corrected chi connectivity index (χ0v) is 30.3. The summed E-state index contributed by atoms with van der Waals surface area (Å²) in [5.74, 6) is -1.91. The van der Waals surface area contributed by atoms with Crippen molar-refractivity contribution in [2.45, 2.75) is 88.1 Å². The summed E-state index contributed by atoms with van der Waals surface area (Å²) in [6, 6.07) is 9.56. The number of carbonyl (C=O) groups excluding carboxylic acids is 4. The predicted molar refractivity (Wildman–Crippen MR) is 189 cm³/mol. The molecule has 1 aliphatic rings. The number of phenolic OH excluding ortho intramolecular Hbond substituents is 1. The Balaban J connectivity index is 0.00000768. The molecule has 0 spiro atoms. The summed E-state index contributed by atoms with van der Waals surface area (Å²) in [5.41, 5.74) is 9.69. The number of rotatable bonds is 7. The predicted octanol–water partition coefficient (Wildman–Crippen LogP) is 3.14. The van der Waals surface area contributed by atoms with E-state index in [9.17, 15) is 24.3 Å². The van der Waals surface area contributed by atoms with Crippen molar-refractivity contribution in [3.05, 3.63) is 64.7 Å². The number of nitrogens with two attached hydrogens (primary N) is 1. The molecule has 3 amide bonds. The van der Waals surface area contributed by atoms with Crippen molar-refractivity contribution in [1.82, 2.24) is 16.0 Å². The fourth-order valence-corrected chi connectivity index (χ4v) is 7.93. The molecule has 4 atom stereocenters. The molecule has 1 saturated heterocycles. The molecule has 2 aromatic rings. The second-order valence-corrected chi connectivity index (χ2v) is 15.9. The monoisotopic (exact) mass is 710 g/mol. The standard InChI is InChI=1S/C33H46N4O7S2.ClH/c1-19-15-22(38)16-20(2)23(19)18-24(34)28(39)36-26-30(41)35-13-14-44-25(17-21-11-9-8-10-12-21)29(40)37-27(31(42)43-7)33(5,6)46-45-32(26,3)4;/h8-12,15-16,24-27,38H,13-14,17-18,34H2,1-7H3,(H,35,41)(H,36,39)(H,37,40);1H/t24-,25?,26+,27+;/m0./s1. The maximum atomic E-state index is 13.7. The molecule has 1 aliphatic heterocycles. The summed E-state index contributed by atoms with van der Waals surface area (Å²) in [6.45, 7) is 11.0. The van der Waals surface area contributed by atoms with Crippen LogP contribution >= 0.6 is 34.0 Å². The lowest BCUT2D eigenvalue weighted by molar-refractivity contribution is -0.147. The van der Waals surface area contributed by atoms with Gasteiger partial charge in [0.05, 0.1) is 24.5 Å². The van der Waals surface area contributed by atoms with Gasteiger partial charge in [-0.15, -0.1) is 12.4 Å². The van der Waals surface area contributed by atoms with Crippen LogP contribution in [0.25, 0.3) is 0 Å². The van der Waals surface area contributed by atoms with Gasteiger partial charge in [-0.1, -0.05) is 51.9 Å². The number of aromatic hydroxyl groups is 1. The SMILES string of the molecule is COC(=O)[C@H]1NC(=O)C(Cc2ccccc2)OCCNC(=O)[C@@H](NC(=O)[C@@H](N)Cc2c(C)cc(O)cc2C)C(C)(C)SSC1(C)C.Cl. The van der Waals surface area contributed by atoms with Crippen molar-refractivity contribution >= 4 is 57.7 Å². The van der Waals surface area contributed by atoms with Gasteiger partial charge in [-0.2, -0.15) is 0 Å². The summed E-state index contributed by atoms with van der Waals surface area (Å²) in [4.78, 5) is 53.6. The lowest BCUT2D eigenvalue weighted by atomic mass is 9.95. The molecule has 260 valence electrons. The summed E-state index contributed by atoms with van der Waals surface area (Å²) in [6.07, 6.45) is -0.481. The van der Waals surface area contributed by atoms with Crippen LogP contribution in [0.4, 0.5) is 0 Å². The number of methoxy groups -OCH3 is 1. The van der Waals surface area contributed by atoms with Crippen molar-refractivity contribution in [1.29, 1.82) is 0 Å². The van der Waals surface area contributed by atoms with Gasteiger partial charge in [0.25, 0.3) is 0 Å². The van der Waals surface area contributed by atoms with Crippen molar-refractivity contribution in [2.75, 3.05) is 20.3 Å². The molecular formula is C33H47ClN4O7S2. The molecule has 1 unspecified atom stereocenters. The number of hydrogen-bond donors (Lipinski definition) is 5. The van der Waals surface area contributed by atoms with E-state index in [-0.39, 0.29) is 44.1 Å². The number of amides is 3. The van der Waals surface area contributed by atoms with Crippen LogP contribution in [0.3, 0.4) is 0 Å². The molecule has 47 heavy (non-hydrogen) atoms. The molecule has 2 aromatic carbocycles. The van der Waals surface area contributed by atoms with E-state index in [1.807, 2.05) is 58.0 Å². The number of carbonyl (C=O) groups is 4. The fourth-order valence-electron chi connectivity index (χ4n) is 5.12. The highest BCUT2D eigenvalue weighted by Crippen LogP contribution is 2.47. The lowest BCUT2D eigenvalue weighted by Gasteiger charge is -2.38. The van der Waals surface area contributed by atoms with Gasteiger partial charge in [0.1, 0.15) is 23.9 Å². The van der Waals surface area contributed by atoms with E-state index in [0.717, 1.165) is 22.3 Å². The fraction of sp³-hybridized carbons (Fsp3) is 0.515. The van der Waals surface area contributed by atoms with Crippen LogP contribution in [0, 0.1) is 13.8 Å². The van der Waals surface area contributed by atoms with E-state index >= 15 is 0 Å². The molecular weight excluding hydrogens is 664 g/mol. The van der Waals surface area contributed by atoms with E-state index in [1.54, 1.807) is 26.0 Å². The zero-order valence-electron chi connectivity index (χ0n) is 27.9. The first kappa shape index (κ1) is 40.2. The van der Waals surface area contributed by atoms with Gasteiger partial charge in [-0.25, -0.2) is 4.79 Å². The second kappa shape index (κ2) is 17.4. The number of hydrogen-bond acceptors (Lipinski definition) is 10. The quantitative estimate of drug-likeness (QED) is 0.213. The minimum atomic E-state index is -1.05. The first-order valence-electron chi connectivity index (χ1n) is 15.1. The van der Waals surface area contributed by atoms with E-state index < -0.39 is 57.4 Å². The number of halogens is 1. The number of esters is 1. The van der Waals surface area contributed by atoms with Crippen LogP contribution in [0.5, 0.6) is 5.75 Å². The number of ether oxygens (including phenoxy) is 2. The van der Waals surface area contributed by atoms with Crippen molar-refractivity contribution < 1.29 is 33.8 Å². The van der Waals surface area contributed by atoms with E-state index in [0.29, 0.717) is 0 Å². The molecule has 11 nitrogen and oxygen atoms in total. The van der Waals surface area contributed by atoms with E-state index in [1.165, 1.54) is 28.7 Å². The topological polar surface area (TPSA) is 169 Å². The average molecular weight is 711 g/mol. The average Bonchev–Trinajstić information content (AvgIpc) is 3.00. The van der Waals surface area contributed by atoms with Crippen LogP contribution in [0.15, 0.2) is 42.5 Å². The first-order valence-corrected chi connectivity index (χ1v) is 17.2. The Hall–Kier alpha value is -2.97. The summed E-state index contributed by atoms with van der Waals surface area (Å²) in [7, 11) is 3.86. The smallest absolute Gasteiger partial charge is 0.329 e. The highest BCUT2D eigenvalue weighted by atomic mass is 35.5. The molecule has 3 rings (SSSR count). The first-order chi connectivity index (χ1) is 21.6. The highest BCUT2D eigenvalue weighted by Gasteiger charge is 2.44. The minimum absolute atomic E-state index is 0. The van der Waals surface area contributed by atoms with Gasteiger partial charge >= 0.3 is 5.97 Å². The van der Waals surface area contributed by atoms with E-state index in [4.69, 9.17) is 15.2 Å². The second-order valence-electron chi connectivity index (χ2n) is 12.5. The molecule has 0 radical (unpaired) electrons. The third kappa shape index (κ3) is 11.0. The third-order valence-electron chi connectivity index (χ3n) is 7.85. The Morgan fingerprint density at radius 1 is 1.06 bits per heavy atom. The van der Waals surface area contributed by atoms with Crippen molar-refractivity contribution in [2.24, 2.45) is 5.73 Å². The Morgan fingerprint density at radius 2 is 1.66 bits per heavy atom. The lowest BCUT2D eigenvalue weighted by Crippen LogP contribution is -2.60. The summed E-state index contributed by atoms with van der Waals surface area (Å²) >= 11 is 0. The molecule has 0 bridgehead atoms. The maximum absolute atomic E-state index is 13.7. The Bertz CT molecular complexity index is 1390. The van der Waals surface area contributed by atoms with Crippen molar-refractivity contribution in [3.63, 3.8) is 0 Å². The molecule has 1 heterocycles. The van der Waals surface area contributed by atoms with Crippen LogP contribution < -0.4 is 21.7 Å². The molecule has 1 fully saturated rings. The zero-order chi connectivity index (χ0) is 34.2. The molecule has 14 heteroatoms. The number of nitrogens with one attached hydrogen (secondary N) is 3.